The van der Waals surface area contributed by atoms with Crippen LogP contribution in [0.2, 0.25) is 0 Å². The zero-order valence-electron chi connectivity index (χ0n) is 10.2. The van der Waals surface area contributed by atoms with Crippen LogP contribution >= 0.6 is 15.9 Å². The van der Waals surface area contributed by atoms with E-state index in [-0.39, 0.29) is 11.7 Å². The van der Waals surface area contributed by atoms with Gasteiger partial charge in [0.2, 0.25) is 5.91 Å². The highest BCUT2D eigenvalue weighted by Gasteiger charge is 2.26. The third-order valence-electron chi connectivity index (χ3n) is 2.42. The highest BCUT2D eigenvalue weighted by atomic mass is 79.9. The number of likely N-dealkylation sites (N-methyl/N-ethyl adjacent to an activating group) is 1. The third-order valence-corrected chi connectivity index (χ3v) is 3.06. The van der Waals surface area contributed by atoms with Crippen LogP contribution in [0.1, 0.15) is 20.8 Å². The van der Waals surface area contributed by atoms with Crippen molar-refractivity contribution >= 4 is 27.5 Å². The topological polar surface area (TPSA) is 61.4 Å². The molecule has 0 saturated heterocycles. The summed E-state index contributed by atoms with van der Waals surface area (Å²) in [6, 6.07) is 5.11. The Bertz CT molecular complexity index is 419. The van der Waals surface area contributed by atoms with E-state index in [4.69, 9.17) is 0 Å². The lowest BCUT2D eigenvalue weighted by molar-refractivity contribution is -0.121. The summed E-state index contributed by atoms with van der Waals surface area (Å²) in [5, 5.41) is 15.5. The second-order valence-corrected chi connectivity index (χ2v) is 5.10. The number of rotatable bonds is 4. The largest absolute Gasteiger partial charge is 0.505 e. The van der Waals surface area contributed by atoms with Crippen molar-refractivity contribution in [1.82, 2.24) is 5.32 Å². The van der Waals surface area contributed by atoms with Crippen LogP contribution in [-0.4, -0.2) is 23.1 Å². The predicted octanol–water partition coefficient (Wildman–Crippen LogP) is 2.48. The molecule has 0 atom stereocenters. The predicted molar refractivity (Wildman–Crippen MR) is 72.2 cm³/mol. The molecule has 0 saturated carbocycles. The van der Waals surface area contributed by atoms with Crippen molar-refractivity contribution in [3.63, 3.8) is 0 Å². The van der Waals surface area contributed by atoms with E-state index in [1.165, 1.54) is 0 Å². The van der Waals surface area contributed by atoms with Crippen LogP contribution in [0.25, 0.3) is 0 Å². The van der Waals surface area contributed by atoms with E-state index in [2.05, 4.69) is 26.6 Å². The summed E-state index contributed by atoms with van der Waals surface area (Å²) in [6.45, 7) is 6.22. The zero-order valence-corrected chi connectivity index (χ0v) is 11.8. The highest BCUT2D eigenvalue weighted by molar-refractivity contribution is 9.10. The zero-order chi connectivity index (χ0) is 13.1. The first-order valence-electron chi connectivity index (χ1n) is 5.42. The van der Waals surface area contributed by atoms with Gasteiger partial charge in [-0.25, -0.2) is 0 Å². The van der Waals surface area contributed by atoms with Gasteiger partial charge in [-0.3, -0.25) is 4.79 Å². The minimum atomic E-state index is -0.677. The number of phenolic OH excluding ortho intramolecular Hbond substituents is 1. The van der Waals surface area contributed by atoms with Crippen molar-refractivity contribution in [2.45, 2.75) is 26.3 Å². The molecule has 1 aromatic rings. The van der Waals surface area contributed by atoms with Gasteiger partial charge in [0.25, 0.3) is 0 Å². The molecule has 0 aliphatic heterocycles. The van der Waals surface area contributed by atoms with Crippen LogP contribution in [0, 0.1) is 0 Å². The third kappa shape index (κ3) is 3.44. The van der Waals surface area contributed by atoms with Crippen LogP contribution < -0.4 is 10.6 Å². The van der Waals surface area contributed by atoms with Crippen LogP contribution in [0.3, 0.4) is 0 Å². The van der Waals surface area contributed by atoms with Gasteiger partial charge in [-0.05, 0) is 48.5 Å². The number of aromatic hydroxyl groups is 1. The number of halogens is 1. The fourth-order valence-electron chi connectivity index (χ4n) is 1.42. The monoisotopic (exact) mass is 300 g/mol. The van der Waals surface area contributed by atoms with Crippen molar-refractivity contribution in [3.05, 3.63) is 22.7 Å². The van der Waals surface area contributed by atoms with E-state index >= 15 is 0 Å². The number of carbonyl (C=O) groups is 1. The maximum absolute atomic E-state index is 12.0. The van der Waals surface area contributed by atoms with Crippen LogP contribution in [0.5, 0.6) is 5.75 Å². The van der Waals surface area contributed by atoms with Crippen LogP contribution in [0.15, 0.2) is 22.7 Å². The van der Waals surface area contributed by atoms with Crippen molar-refractivity contribution < 1.29 is 9.90 Å². The van der Waals surface area contributed by atoms with Gasteiger partial charge in [-0.15, -0.1) is 0 Å². The Balaban J connectivity index is 2.85. The lowest BCUT2D eigenvalue weighted by atomic mass is 10.0. The van der Waals surface area contributed by atoms with E-state index in [1.807, 2.05) is 6.92 Å². The number of nitrogens with one attached hydrogen (secondary N) is 2. The van der Waals surface area contributed by atoms with Crippen molar-refractivity contribution in [2.75, 3.05) is 11.9 Å². The van der Waals surface area contributed by atoms with Gasteiger partial charge in [0.15, 0.2) is 5.75 Å². The number of para-hydroxylation sites is 1. The number of phenols is 1. The second kappa shape index (κ2) is 5.51. The molecule has 5 heteroatoms. The number of anilines is 1. The second-order valence-electron chi connectivity index (χ2n) is 4.25. The first-order chi connectivity index (χ1) is 7.88. The van der Waals surface area contributed by atoms with Gasteiger partial charge in [0.05, 0.1) is 15.7 Å². The molecule has 1 amide bonds. The molecule has 0 aromatic heterocycles. The summed E-state index contributed by atoms with van der Waals surface area (Å²) in [5.41, 5.74) is -0.279. The van der Waals surface area contributed by atoms with Gasteiger partial charge in [-0.1, -0.05) is 13.0 Å². The summed E-state index contributed by atoms with van der Waals surface area (Å²) in [4.78, 5) is 12.0. The molecule has 0 radical (unpaired) electrons. The summed E-state index contributed by atoms with van der Waals surface area (Å²) in [6.07, 6.45) is 0. The molecule has 0 fully saturated rings. The number of benzene rings is 1. The molecule has 0 unspecified atom stereocenters. The minimum absolute atomic E-state index is 0.0353. The quantitative estimate of drug-likeness (QED) is 0.749. The minimum Gasteiger partial charge on any atom is -0.505 e. The fourth-order valence-corrected chi connectivity index (χ4v) is 1.78. The SMILES string of the molecule is CCNC(C)(C)C(=O)Nc1cccc(Br)c1O. The number of hydrogen-bond acceptors (Lipinski definition) is 3. The highest BCUT2D eigenvalue weighted by Crippen LogP contribution is 2.31. The van der Waals surface area contributed by atoms with E-state index in [0.717, 1.165) is 0 Å². The van der Waals surface area contributed by atoms with Gasteiger partial charge < -0.3 is 15.7 Å². The Morgan fingerprint density at radius 1 is 1.47 bits per heavy atom. The standard InChI is InChI=1S/C12H17BrN2O2/c1-4-14-12(2,3)11(17)15-9-7-5-6-8(13)10(9)16/h5-7,14,16H,4H2,1-3H3,(H,15,17). The molecule has 3 N–H and O–H groups in total. The number of carbonyl (C=O) groups excluding carboxylic acids is 1. The Morgan fingerprint density at radius 2 is 2.12 bits per heavy atom. The van der Waals surface area contributed by atoms with Gasteiger partial charge in [-0.2, -0.15) is 0 Å². The van der Waals surface area contributed by atoms with E-state index in [9.17, 15) is 9.90 Å². The van der Waals surface area contributed by atoms with Gasteiger partial charge in [0, 0.05) is 0 Å². The van der Waals surface area contributed by atoms with E-state index in [0.29, 0.717) is 16.7 Å². The van der Waals surface area contributed by atoms with Crippen molar-refractivity contribution in [1.29, 1.82) is 0 Å². The van der Waals surface area contributed by atoms with Crippen molar-refractivity contribution in [2.24, 2.45) is 0 Å². The molecule has 0 spiro atoms. The molecule has 94 valence electrons. The Hall–Kier alpha value is -1.07. The van der Waals surface area contributed by atoms with Crippen LogP contribution in [-0.2, 0) is 4.79 Å². The summed E-state index contributed by atoms with van der Waals surface area (Å²) in [7, 11) is 0. The first kappa shape index (κ1) is 14.0. The molecule has 0 aliphatic rings. The molecular formula is C12H17BrN2O2. The normalized spacial score (nSPS) is 11.3. The Morgan fingerprint density at radius 3 is 2.71 bits per heavy atom. The smallest absolute Gasteiger partial charge is 0.244 e. The molecule has 0 aliphatic carbocycles. The molecule has 1 aromatic carbocycles. The van der Waals surface area contributed by atoms with Gasteiger partial charge >= 0.3 is 0 Å². The lowest BCUT2D eigenvalue weighted by Crippen LogP contribution is -2.49. The lowest BCUT2D eigenvalue weighted by Gasteiger charge is -2.24. The maximum atomic E-state index is 12.0. The molecule has 0 bridgehead atoms. The van der Waals surface area contributed by atoms with Crippen LogP contribution in [0.4, 0.5) is 5.69 Å². The fraction of sp³-hybridized carbons (Fsp3) is 0.417. The number of amides is 1. The number of hydrogen-bond donors (Lipinski definition) is 3. The Labute approximate surface area is 110 Å². The van der Waals surface area contributed by atoms with Crippen molar-refractivity contribution in [3.8, 4) is 5.75 Å². The first-order valence-corrected chi connectivity index (χ1v) is 6.21. The molecule has 4 nitrogen and oxygen atoms in total. The molecule has 0 heterocycles. The molecular weight excluding hydrogens is 284 g/mol. The maximum Gasteiger partial charge on any atom is 0.244 e. The summed E-state index contributed by atoms with van der Waals surface area (Å²) >= 11 is 3.20. The molecule has 17 heavy (non-hydrogen) atoms. The summed E-state index contributed by atoms with van der Waals surface area (Å²) < 4.78 is 0.552. The van der Waals surface area contributed by atoms with E-state index < -0.39 is 5.54 Å². The van der Waals surface area contributed by atoms with Gasteiger partial charge in [0.1, 0.15) is 0 Å². The average Bonchev–Trinajstić information content (AvgIpc) is 2.24. The molecule has 1 rings (SSSR count). The average molecular weight is 301 g/mol. The summed E-state index contributed by atoms with van der Waals surface area (Å²) in [5.74, 6) is -0.152. The Kier molecular flexibility index (Phi) is 4.54. The van der Waals surface area contributed by atoms with E-state index in [1.54, 1.807) is 32.0 Å².